The molecule has 0 atom stereocenters. The van der Waals surface area contributed by atoms with Gasteiger partial charge in [0.25, 0.3) is 0 Å². The van der Waals surface area contributed by atoms with E-state index in [1.54, 1.807) is 0 Å². The van der Waals surface area contributed by atoms with E-state index in [-0.39, 0.29) is 11.4 Å². The molecular formula is C19H24F3N3. The van der Waals surface area contributed by atoms with Crippen LogP contribution in [0, 0.1) is 5.41 Å². The number of rotatable bonds is 3. The highest BCUT2D eigenvalue weighted by atomic mass is 19.4. The molecule has 6 heteroatoms. The number of alkyl halides is 3. The lowest BCUT2D eigenvalue weighted by Crippen LogP contribution is -2.34. The number of nitrogens with one attached hydrogen (secondary N) is 1. The number of aromatic nitrogens is 2. The number of halogens is 3. The van der Waals surface area contributed by atoms with Gasteiger partial charge in [-0.15, -0.1) is 0 Å². The molecule has 3 nitrogen and oxygen atoms in total. The first kappa shape index (κ1) is 16.9. The zero-order chi connectivity index (χ0) is 17.8. The van der Waals surface area contributed by atoms with Gasteiger partial charge >= 0.3 is 6.18 Å². The van der Waals surface area contributed by atoms with Gasteiger partial charge in [-0.2, -0.15) is 13.2 Å². The molecule has 2 aliphatic rings. The van der Waals surface area contributed by atoms with Crippen LogP contribution in [0.15, 0.2) is 12.1 Å². The summed E-state index contributed by atoms with van der Waals surface area (Å²) in [5.41, 5.74) is 1.19. The van der Waals surface area contributed by atoms with Crippen molar-refractivity contribution in [3.8, 4) is 0 Å². The summed E-state index contributed by atoms with van der Waals surface area (Å²) in [7, 11) is 0. The van der Waals surface area contributed by atoms with Crippen LogP contribution in [-0.2, 0) is 12.7 Å². The first-order chi connectivity index (χ1) is 11.8. The Bertz CT molecular complexity index is 777. The van der Waals surface area contributed by atoms with E-state index in [9.17, 15) is 13.2 Å². The fourth-order valence-electron chi connectivity index (χ4n) is 3.90. The van der Waals surface area contributed by atoms with Gasteiger partial charge in [-0.25, -0.2) is 4.98 Å². The zero-order valence-corrected chi connectivity index (χ0v) is 14.7. The molecule has 4 rings (SSSR count). The van der Waals surface area contributed by atoms with Crippen molar-refractivity contribution in [3.63, 3.8) is 0 Å². The van der Waals surface area contributed by atoms with E-state index < -0.39 is 11.7 Å². The first-order valence-electron chi connectivity index (χ1n) is 9.08. The summed E-state index contributed by atoms with van der Waals surface area (Å²) in [4.78, 5) is 9.57. The van der Waals surface area contributed by atoms with Crippen molar-refractivity contribution in [1.29, 1.82) is 0 Å². The smallest absolute Gasteiger partial charge is 0.342 e. The van der Waals surface area contributed by atoms with Crippen LogP contribution in [0.4, 0.5) is 13.2 Å². The highest BCUT2D eigenvalue weighted by molar-refractivity contribution is 5.80. The second kappa shape index (κ2) is 5.73. The third kappa shape index (κ3) is 3.28. The lowest BCUT2D eigenvalue weighted by molar-refractivity contribution is -0.136. The number of H-pyrrole nitrogens is 1. The molecular weight excluding hydrogens is 327 g/mol. The van der Waals surface area contributed by atoms with Crippen molar-refractivity contribution in [2.45, 2.75) is 58.2 Å². The molecule has 1 aromatic carbocycles. The van der Waals surface area contributed by atoms with E-state index in [1.165, 1.54) is 31.7 Å². The minimum Gasteiger partial charge on any atom is -0.342 e. The van der Waals surface area contributed by atoms with Gasteiger partial charge in [-0.3, -0.25) is 4.90 Å². The summed E-state index contributed by atoms with van der Waals surface area (Å²) in [6.45, 7) is 6.39. The van der Waals surface area contributed by atoms with Crippen molar-refractivity contribution in [1.82, 2.24) is 14.9 Å². The van der Waals surface area contributed by atoms with Crippen LogP contribution >= 0.6 is 0 Å². The van der Waals surface area contributed by atoms with Crippen molar-refractivity contribution < 1.29 is 13.2 Å². The Balaban J connectivity index is 1.64. The standard InChI is InChI=1S/C19H24F3N3/c1-12(2)17-23-15-10-13(9-14(16(15)24-17)19(20,21)22)11-25-7-5-18(3-4-18)6-8-25/h9-10,12H,3-8,11H2,1-2H3,(H,23,24). The molecule has 0 unspecified atom stereocenters. The molecule has 2 fully saturated rings. The molecule has 2 aromatic rings. The van der Waals surface area contributed by atoms with Crippen molar-refractivity contribution in [3.05, 3.63) is 29.1 Å². The van der Waals surface area contributed by atoms with Crippen LogP contribution in [0.2, 0.25) is 0 Å². The van der Waals surface area contributed by atoms with Gasteiger partial charge in [0, 0.05) is 12.5 Å². The Labute approximate surface area is 145 Å². The lowest BCUT2D eigenvalue weighted by Gasteiger charge is -2.32. The van der Waals surface area contributed by atoms with Gasteiger partial charge in [0.05, 0.1) is 11.1 Å². The van der Waals surface area contributed by atoms with Crippen molar-refractivity contribution >= 4 is 11.0 Å². The van der Waals surface area contributed by atoms with Crippen molar-refractivity contribution in [2.75, 3.05) is 13.1 Å². The monoisotopic (exact) mass is 351 g/mol. The topological polar surface area (TPSA) is 31.9 Å². The van der Waals surface area contributed by atoms with Gasteiger partial charge in [0.1, 0.15) is 11.3 Å². The number of fused-ring (bicyclic) bond motifs is 1. The largest absolute Gasteiger partial charge is 0.418 e. The minimum atomic E-state index is -4.39. The Hall–Kier alpha value is -1.56. The van der Waals surface area contributed by atoms with Crippen LogP contribution in [-0.4, -0.2) is 28.0 Å². The molecule has 2 heterocycles. The van der Waals surface area contributed by atoms with Gasteiger partial charge in [-0.1, -0.05) is 13.8 Å². The van der Waals surface area contributed by atoms with Gasteiger partial charge in [0.2, 0.25) is 0 Å². The maximum Gasteiger partial charge on any atom is 0.418 e. The Kier molecular flexibility index (Phi) is 3.87. The normalized spacial score (nSPS) is 20.7. The van der Waals surface area contributed by atoms with E-state index in [2.05, 4.69) is 14.9 Å². The average Bonchev–Trinajstić information content (AvgIpc) is 3.14. The number of hydrogen-bond acceptors (Lipinski definition) is 2. The summed E-state index contributed by atoms with van der Waals surface area (Å²) in [6.07, 6.45) is 0.637. The average molecular weight is 351 g/mol. The van der Waals surface area contributed by atoms with Crippen LogP contribution in [0.25, 0.3) is 11.0 Å². The summed E-state index contributed by atoms with van der Waals surface area (Å²) < 4.78 is 40.6. The summed E-state index contributed by atoms with van der Waals surface area (Å²) in [5, 5.41) is 0. The molecule has 1 saturated heterocycles. The number of aromatic amines is 1. The summed E-state index contributed by atoms with van der Waals surface area (Å²) in [5.74, 6) is 0.667. The second-order valence-electron chi connectivity index (χ2n) is 8.09. The van der Waals surface area contributed by atoms with Crippen LogP contribution < -0.4 is 0 Å². The zero-order valence-electron chi connectivity index (χ0n) is 14.7. The quantitative estimate of drug-likeness (QED) is 0.836. The highest BCUT2D eigenvalue weighted by Crippen LogP contribution is 2.53. The first-order valence-corrected chi connectivity index (χ1v) is 9.08. The number of likely N-dealkylation sites (tertiary alicyclic amines) is 1. The molecule has 136 valence electrons. The predicted octanol–water partition coefficient (Wildman–Crippen LogP) is 5.08. The Morgan fingerprint density at radius 3 is 2.40 bits per heavy atom. The van der Waals surface area contributed by atoms with Crippen LogP contribution in [0.3, 0.4) is 0 Å². The molecule has 0 amide bonds. The number of hydrogen-bond donors (Lipinski definition) is 1. The lowest BCUT2D eigenvalue weighted by atomic mass is 9.93. The van der Waals surface area contributed by atoms with E-state index >= 15 is 0 Å². The van der Waals surface area contributed by atoms with Crippen LogP contribution in [0.5, 0.6) is 0 Å². The van der Waals surface area contributed by atoms with Crippen molar-refractivity contribution in [2.24, 2.45) is 5.41 Å². The number of imidazole rings is 1. The van der Waals surface area contributed by atoms with Gasteiger partial charge in [0.15, 0.2) is 0 Å². The maximum absolute atomic E-state index is 13.5. The second-order valence-corrected chi connectivity index (χ2v) is 8.09. The summed E-state index contributed by atoms with van der Waals surface area (Å²) in [6, 6.07) is 3.12. The molecule has 1 aromatic heterocycles. The molecule has 1 saturated carbocycles. The van der Waals surface area contributed by atoms with E-state index in [0.717, 1.165) is 13.1 Å². The van der Waals surface area contributed by atoms with Crippen LogP contribution in [0.1, 0.15) is 62.4 Å². The molecule has 0 bridgehead atoms. The fourth-order valence-corrected chi connectivity index (χ4v) is 3.90. The number of nitrogens with zero attached hydrogens (tertiary/aromatic N) is 2. The third-order valence-corrected chi connectivity index (χ3v) is 5.80. The highest BCUT2D eigenvalue weighted by Gasteiger charge is 2.44. The summed E-state index contributed by atoms with van der Waals surface area (Å²) >= 11 is 0. The Morgan fingerprint density at radius 1 is 1.16 bits per heavy atom. The minimum absolute atomic E-state index is 0.0375. The molecule has 0 radical (unpaired) electrons. The SMILES string of the molecule is CC(C)c1nc2c(C(F)(F)F)cc(CN3CCC4(CC3)CC4)cc2[nH]1. The maximum atomic E-state index is 13.5. The Morgan fingerprint density at radius 2 is 1.84 bits per heavy atom. The van der Waals surface area contributed by atoms with Gasteiger partial charge < -0.3 is 4.98 Å². The van der Waals surface area contributed by atoms with E-state index in [4.69, 9.17) is 0 Å². The molecule has 1 spiro atoms. The van der Waals surface area contributed by atoms with E-state index in [0.29, 0.717) is 28.9 Å². The third-order valence-electron chi connectivity index (χ3n) is 5.80. The van der Waals surface area contributed by atoms with Gasteiger partial charge in [-0.05, 0) is 61.9 Å². The molecule has 1 N–H and O–H groups in total. The number of benzene rings is 1. The molecule has 1 aliphatic heterocycles. The number of piperidine rings is 1. The van der Waals surface area contributed by atoms with E-state index in [1.807, 2.05) is 19.9 Å². The molecule has 1 aliphatic carbocycles. The molecule has 25 heavy (non-hydrogen) atoms. The fraction of sp³-hybridized carbons (Fsp3) is 0.632. The predicted molar refractivity (Wildman–Crippen MR) is 91.4 cm³/mol.